The van der Waals surface area contributed by atoms with Crippen molar-refractivity contribution in [2.45, 2.75) is 44.1 Å². The summed E-state index contributed by atoms with van der Waals surface area (Å²) in [5, 5.41) is 0. The first-order valence-corrected chi connectivity index (χ1v) is 12.4. The molecule has 0 spiro atoms. The highest BCUT2D eigenvalue weighted by Crippen LogP contribution is 2.40. The molecule has 0 N–H and O–H groups in total. The Labute approximate surface area is 207 Å². The Morgan fingerprint density at radius 3 is 1.94 bits per heavy atom. The van der Waals surface area contributed by atoms with E-state index >= 15 is 0 Å². The Bertz CT molecular complexity index is 1260. The molecule has 0 aliphatic heterocycles. The molecule has 1 amide bonds. The standard InChI is InChI=1S/C32H30FNO/c33-30-18-16-28(17-19-30)27-14-12-25(13-15-27)23-32(20-5-2-6-21-32)34(24-35)31-11-7-10-29(22-31)26-8-3-1-4-9-26/h1,3-4,7-19,22,24H,2,5-6,20-21,23H2. The molecule has 2 nitrogen and oxygen atoms in total. The predicted molar refractivity (Wildman–Crippen MR) is 142 cm³/mol. The molecule has 4 aromatic rings. The van der Waals surface area contributed by atoms with Crippen molar-refractivity contribution in [3.05, 3.63) is 115 Å². The van der Waals surface area contributed by atoms with Gasteiger partial charge in [0.1, 0.15) is 5.82 Å². The lowest BCUT2D eigenvalue weighted by molar-refractivity contribution is -0.108. The van der Waals surface area contributed by atoms with Gasteiger partial charge in [-0.1, -0.05) is 98.1 Å². The van der Waals surface area contributed by atoms with Gasteiger partial charge in [0.15, 0.2) is 0 Å². The Balaban J connectivity index is 1.45. The van der Waals surface area contributed by atoms with Crippen LogP contribution in [-0.2, 0) is 11.2 Å². The van der Waals surface area contributed by atoms with Gasteiger partial charge >= 0.3 is 0 Å². The third-order valence-electron chi connectivity index (χ3n) is 7.30. The average Bonchev–Trinajstić information content (AvgIpc) is 2.91. The zero-order valence-electron chi connectivity index (χ0n) is 19.9. The van der Waals surface area contributed by atoms with Gasteiger partial charge in [-0.3, -0.25) is 4.79 Å². The highest BCUT2D eigenvalue weighted by atomic mass is 19.1. The second kappa shape index (κ2) is 10.3. The van der Waals surface area contributed by atoms with Crippen molar-refractivity contribution in [3.63, 3.8) is 0 Å². The molecule has 1 aliphatic rings. The first kappa shape index (κ1) is 23.0. The lowest BCUT2D eigenvalue weighted by atomic mass is 9.76. The summed E-state index contributed by atoms with van der Waals surface area (Å²) in [5.41, 5.74) is 6.24. The summed E-state index contributed by atoms with van der Waals surface area (Å²) in [4.78, 5) is 14.6. The zero-order valence-corrected chi connectivity index (χ0v) is 19.9. The summed E-state index contributed by atoms with van der Waals surface area (Å²) < 4.78 is 13.3. The van der Waals surface area contributed by atoms with E-state index in [2.05, 4.69) is 54.6 Å². The maximum atomic E-state index is 13.3. The molecule has 0 saturated heterocycles. The molecular formula is C32H30FNO. The first-order chi connectivity index (χ1) is 17.2. The van der Waals surface area contributed by atoms with Crippen molar-refractivity contribution in [2.75, 3.05) is 4.90 Å². The van der Waals surface area contributed by atoms with E-state index in [4.69, 9.17) is 0 Å². The minimum absolute atomic E-state index is 0.227. The SMILES string of the molecule is O=CN(c1cccc(-c2ccccc2)c1)C1(Cc2ccc(-c3ccc(F)cc3)cc2)CCCCC1. The largest absolute Gasteiger partial charge is 0.309 e. The predicted octanol–water partition coefficient (Wildman–Crippen LogP) is 8.07. The van der Waals surface area contributed by atoms with Crippen LogP contribution >= 0.6 is 0 Å². The lowest BCUT2D eigenvalue weighted by Gasteiger charge is -2.45. The molecule has 0 unspecified atom stereocenters. The smallest absolute Gasteiger partial charge is 0.214 e. The number of carbonyl (C=O) groups excluding carboxylic acids is 1. The molecule has 1 aliphatic carbocycles. The van der Waals surface area contributed by atoms with Crippen molar-refractivity contribution in [1.82, 2.24) is 0 Å². The van der Waals surface area contributed by atoms with Crippen molar-refractivity contribution in [1.29, 1.82) is 0 Å². The maximum absolute atomic E-state index is 13.3. The van der Waals surface area contributed by atoms with E-state index in [-0.39, 0.29) is 11.4 Å². The minimum Gasteiger partial charge on any atom is -0.309 e. The van der Waals surface area contributed by atoms with Gasteiger partial charge in [0.25, 0.3) is 0 Å². The summed E-state index contributed by atoms with van der Waals surface area (Å²) in [5.74, 6) is -0.227. The monoisotopic (exact) mass is 463 g/mol. The Kier molecular flexibility index (Phi) is 6.76. The first-order valence-electron chi connectivity index (χ1n) is 12.4. The molecule has 176 valence electrons. The van der Waals surface area contributed by atoms with Gasteiger partial charge in [-0.2, -0.15) is 0 Å². The average molecular weight is 464 g/mol. The molecular weight excluding hydrogens is 433 g/mol. The molecule has 1 saturated carbocycles. The minimum atomic E-state index is -0.243. The van der Waals surface area contributed by atoms with Crippen LogP contribution in [0.15, 0.2) is 103 Å². The van der Waals surface area contributed by atoms with Crippen molar-refractivity contribution in [3.8, 4) is 22.3 Å². The molecule has 0 bridgehead atoms. The van der Waals surface area contributed by atoms with Crippen LogP contribution in [-0.4, -0.2) is 11.9 Å². The lowest BCUT2D eigenvalue weighted by Crippen LogP contribution is -2.51. The fraction of sp³-hybridized carbons (Fsp3) is 0.219. The van der Waals surface area contributed by atoms with Crippen molar-refractivity contribution >= 4 is 12.1 Å². The number of nitrogens with zero attached hydrogens (tertiary/aromatic N) is 1. The van der Waals surface area contributed by atoms with Crippen molar-refractivity contribution < 1.29 is 9.18 Å². The van der Waals surface area contributed by atoms with Crippen molar-refractivity contribution in [2.24, 2.45) is 0 Å². The molecule has 4 aromatic carbocycles. The number of anilines is 1. The van der Waals surface area contributed by atoms with Crippen LogP contribution in [0.5, 0.6) is 0 Å². The van der Waals surface area contributed by atoms with Gasteiger partial charge < -0.3 is 4.90 Å². The second-order valence-electron chi connectivity index (χ2n) is 9.56. The van der Waals surface area contributed by atoms with E-state index < -0.39 is 0 Å². The highest BCUT2D eigenvalue weighted by Gasteiger charge is 2.38. The number of hydrogen-bond donors (Lipinski definition) is 0. The number of halogens is 1. The topological polar surface area (TPSA) is 20.3 Å². The Hall–Kier alpha value is -3.72. The van der Waals surface area contributed by atoms with E-state index in [0.717, 1.165) is 66.5 Å². The quantitative estimate of drug-likeness (QED) is 0.254. The van der Waals surface area contributed by atoms with Crippen LogP contribution < -0.4 is 4.90 Å². The molecule has 0 atom stereocenters. The number of carbonyl (C=O) groups is 1. The third kappa shape index (κ3) is 5.05. The molecule has 0 radical (unpaired) electrons. The fourth-order valence-corrected chi connectivity index (χ4v) is 5.46. The summed E-state index contributed by atoms with van der Waals surface area (Å²) in [6.07, 6.45) is 7.27. The number of rotatable bonds is 7. The van der Waals surface area contributed by atoms with Crippen LogP contribution in [0.4, 0.5) is 10.1 Å². The highest BCUT2D eigenvalue weighted by molar-refractivity contribution is 5.80. The van der Waals surface area contributed by atoms with Gasteiger partial charge in [-0.05, 0) is 71.3 Å². The normalized spacial score (nSPS) is 14.9. The van der Waals surface area contributed by atoms with E-state index in [1.807, 2.05) is 29.2 Å². The van der Waals surface area contributed by atoms with Gasteiger partial charge in [-0.25, -0.2) is 4.39 Å². The van der Waals surface area contributed by atoms with Crippen LogP contribution in [0.3, 0.4) is 0 Å². The fourth-order valence-electron chi connectivity index (χ4n) is 5.46. The summed E-state index contributed by atoms with van der Waals surface area (Å²) in [6.45, 7) is 0. The molecule has 35 heavy (non-hydrogen) atoms. The molecule has 1 fully saturated rings. The van der Waals surface area contributed by atoms with Gasteiger partial charge in [0.05, 0.1) is 5.54 Å². The van der Waals surface area contributed by atoms with Crippen LogP contribution in [0.25, 0.3) is 22.3 Å². The van der Waals surface area contributed by atoms with Gasteiger partial charge in [-0.15, -0.1) is 0 Å². The number of amides is 1. The van der Waals surface area contributed by atoms with E-state index in [1.54, 1.807) is 12.1 Å². The maximum Gasteiger partial charge on any atom is 0.214 e. The molecule has 0 heterocycles. The van der Waals surface area contributed by atoms with E-state index in [9.17, 15) is 9.18 Å². The Morgan fingerprint density at radius 2 is 1.29 bits per heavy atom. The van der Waals surface area contributed by atoms with Crippen LogP contribution in [0, 0.1) is 5.82 Å². The molecule has 3 heteroatoms. The third-order valence-corrected chi connectivity index (χ3v) is 7.30. The van der Waals surface area contributed by atoms with Crippen LogP contribution in [0.2, 0.25) is 0 Å². The van der Waals surface area contributed by atoms with E-state index in [0.29, 0.717) is 0 Å². The molecule has 0 aromatic heterocycles. The van der Waals surface area contributed by atoms with Crippen LogP contribution in [0.1, 0.15) is 37.7 Å². The number of hydrogen-bond acceptors (Lipinski definition) is 1. The number of benzene rings is 4. The summed E-state index contributed by atoms with van der Waals surface area (Å²) in [6, 6.07) is 33.7. The van der Waals surface area contributed by atoms with E-state index in [1.165, 1.54) is 24.1 Å². The summed E-state index contributed by atoms with van der Waals surface area (Å²) >= 11 is 0. The van der Waals surface area contributed by atoms with Gasteiger partial charge in [0, 0.05) is 5.69 Å². The van der Waals surface area contributed by atoms with Gasteiger partial charge in [0.2, 0.25) is 6.41 Å². The zero-order chi connectivity index (χ0) is 24.1. The molecule has 5 rings (SSSR count). The summed E-state index contributed by atoms with van der Waals surface area (Å²) in [7, 11) is 0. The second-order valence-corrected chi connectivity index (χ2v) is 9.56. The Morgan fingerprint density at radius 1 is 0.686 bits per heavy atom.